The number of halogens is 1. The van der Waals surface area contributed by atoms with Gasteiger partial charge in [0.1, 0.15) is 5.82 Å². The van der Waals surface area contributed by atoms with Crippen molar-refractivity contribution in [3.05, 3.63) is 43.0 Å². The van der Waals surface area contributed by atoms with Gasteiger partial charge in [-0.1, -0.05) is 6.92 Å². The van der Waals surface area contributed by atoms with Gasteiger partial charge in [0.15, 0.2) is 0 Å². The van der Waals surface area contributed by atoms with Gasteiger partial charge in [-0.2, -0.15) is 0 Å². The quantitative estimate of drug-likeness (QED) is 0.562. The van der Waals surface area contributed by atoms with E-state index in [2.05, 4.69) is 31.5 Å². The molecule has 0 atom stereocenters. The highest BCUT2D eigenvalue weighted by Crippen LogP contribution is 2.27. The Morgan fingerprint density at radius 2 is 2.14 bits per heavy atom. The van der Waals surface area contributed by atoms with E-state index in [1.54, 1.807) is 17.4 Å². The third kappa shape index (κ3) is 4.40. The molecule has 2 aromatic rings. The van der Waals surface area contributed by atoms with Crippen molar-refractivity contribution in [2.24, 2.45) is 0 Å². The van der Waals surface area contributed by atoms with Crippen LogP contribution in [0.15, 0.2) is 28.1 Å². The maximum absolute atomic E-state index is 11.1. The van der Waals surface area contributed by atoms with Crippen LogP contribution in [0.1, 0.15) is 18.2 Å². The minimum Gasteiger partial charge on any atom is -0.370 e. The van der Waals surface area contributed by atoms with Gasteiger partial charge in [0, 0.05) is 17.5 Å². The van der Waals surface area contributed by atoms with E-state index in [-0.39, 0.29) is 11.5 Å². The average molecular weight is 371 g/mol. The smallest absolute Gasteiger partial charge is 0.311 e. The summed E-state index contributed by atoms with van der Waals surface area (Å²) in [6, 6.07) is 7.01. The summed E-state index contributed by atoms with van der Waals surface area (Å²) in [5, 5.41) is 17.2. The first-order valence-corrected chi connectivity index (χ1v) is 8.08. The number of pyridine rings is 1. The zero-order valence-corrected chi connectivity index (χ0v) is 13.8. The number of thiophene rings is 1. The Bertz CT molecular complexity index is 632. The largest absolute Gasteiger partial charge is 0.370 e. The van der Waals surface area contributed by atoms with Crippen molar-refractivity contribution in [1.29, 1.82) is 0 Å². The molecule has 112 valence electrons. The van der Waals surface area contributed by atoms with Crippen LogP contribution in [0.4, 0.5) is 17.3 Å². The molecule has 0 aliphatic carbocycles. The molecule has 0 unspecified atom stereocenters. The number of anilines is 2. The summed E-state index contributed by atoms with van der Waals surface area (Å²) < 4.78 is 1.03. The fourth-order valence-corrected chi connectivity index (χ4v) is 3.12. The van der Waals surface area contributed by atoms with Crippen LogP contribution in [-0.4, -0.2) is 16.5 Å². The Balaban J connectivity index is 2.15. The monoisotopic (exact) mass is 370 g/mol. The zero-order chi connectivity index (χ0) is 15.2. The zero-order valence-electron chi connectivity index (χ0n) is 11.4. The third-order valence-corrected chi connectivity index (χ3v) is 4.31. The van der Waals surface area contributed by atoms with Gasteiger partial charge in [0.25, 0.3) is 0 Å². The van der Waals surface area contributed by atoms with E-state index in [1.165, 1.54) is 6.07 Å². The fraction of sp³-hybridized carbons (Fsp3) is 0.308. The third-order valence-electron chi connectivity index (χ3n) is 2.69. The van der Waals surface area contributed by atoms with Gasteiger partial charge in [0.05, 0.1) is 15.3 Å². The second-order valence-corrected chi connectivity index (χ2v) is 6.86. The van der Waals surface area contributed by atoms with Crippen LogP contribution >= 0.6 is 27.3 Å². The summed E-state index contributed by atoms with van der Waals surface area (Å²) in [7, 11) is 0. The highest BCUT2D eigenvalue weighted by molar-refractivity contribution is 9.11. The van der Waals surface area contributed by atoms with E-state index in [4.69, 9.17) is 0 Å². The second kappa shape index (κ2) is 7.37. The predicted octanol–water partition coefficient (Wildman–Crippen LogP) is 4.25. The van der Waals surface area contributed by atoms with Crippen molar-refractivity contribution in [2.45, 2.75) is 19.9 Å². The van der Waals surface area contributed by atoms with Gasteiger partial charge in [-0.25, -0.2) is 4.98 Å². The van der Waals surface area contributed by atoms with Gasteiger partial charge in [0.2, 0.25) is 5.82 Å². The molecule has 21 heavy (non-hydrogen) atoms. The summed E-state index contributed by atoms with van der Waals surface area (Å²) >= 11 is 4.97. The summed E-state index contributed by atoms with van der Waals surface area (Å²) in [5.41, 5.74) is -0.0207. The molecular weight excluding hydrogens is 356 g/mol. The van der Waals surface area contributed by atoms with Crippen molar-refractivity contribution in [3.8, 4) is 0 Å². The normalized spacial score (nSPS) is 10.4. The van der Waals surface area contributed by atoms with E-state index in [1.807, 2.05) is 19.1 Å². The standard InChI is InChI=1S/C13H15BrN4O2S/c1-2-7-15-12-6-4-10(18(19)20)13(17-12)16-8-9-3-5-11(14)21-9/h3-6H,2,7-8H2,1H3,(H2,15,16,17). The molecule has 2 heterocycles. The average Bonchev–Trinajstić information content (AvgIpc) is 2.88. The number of rotatable bonds is 7. The molecule has 8 heteroatoms. The van der Waals surface area contributed by atoms with Crippen LogP contribution in [-0.2, 0) is 6.54 Å². The summed E-state index contributed by atoms with van der Waals surface area (Å²) in [5.74, 6) is 0.919. The van der Waals surface area contributed by atoms with E-state index >= 15 is 0 Å². The molecule has 0 aliphatic rings. The molecular formula is C13H15BrN4O2S. The number of nitrogens with one attached hydrogen (secondary N) is 2. The second-order valence-electron chi connectivity index (χ2n) is 4.31. The number of nitrogens with zero attached hydrogens (tertiary/aromatic N) is 2. The lowest BCUT2D eigenvalue weighted by Gasteiger charge is -2.08. The Hall–Kier alpha value is -1.67. The summed E-state index contributed by atoms with van der Waals surface area (Å²) in [6.07, 6.45) is 0.963. The maximum Gasteiger partial charge on any atom is 0.311 e. The topological polar surface area (TPSA) is 80.1 Å². The number of hydrogen-bond donors (Lipinski definition) is 2. The van der Waals surface area contributed by atoms with Crippen molar-refractivity contribution in [1.82, 2.24) is 4.98 Å². The van der Waals surface area contributed by atoms with Crippen molar-refractivity contribution < 1.29 is 4.92 Å². The molecule has 0 fully saturated rings. The van der Waals surface area contributed by atoms with E-state index in [9.17, 15) is 10.1 Å². The minimum absolute atomic E-state index is 0.0207. The molecule has 0 bridgehead atoms. The molecule has 0 spiro atoms. The molecule has 2 rings (SSSR count). The lowest BCUT2D eigenvalue weighted by molar-refractivity contribution is -0.384. The summed E-state index contributed by atoms with van der Waals surface area (Å²) in [4.78, 5) is 16.0. The molecule has 0 radical (unpaired) electrons. The van der Waals surface area contributed by atoms with E-state index in [0.29, 0.717) is 12.4 Å². The minimum atomic E-state index is -0.427. The van der Waals surface area contributed by atoms with Crippen molar-refractivity contribution >= 4 is 44.6 Å². The van der Waals surface area contributed by atoms with Gasteiger partial charge in [-0.15, -0.1) is 11.3 Å². The van der Waals surface area contributed by atoms with Crippen LogP contribution < -0.4 is 10.6 Å². The number of hydrogen-bond acceptors (Lipinski definition) is 6. The lowest BCUT2D eigenvalue weighted by Crippen LogP contribution is -2.07. The van der Waals surface area contributed by atoms with Gasteiger partial charge < -0.3 is 10.6 Å². The Morgan fingerprint density at radius 1 is 1.33 bits per heavy atom. The van der Waals surface area contributed by atoms with Gasteiger partial charge >= 0.3 is 5.69 Å². The Labute approximate surface area is 134 Å². The van der Waals surface area contributed by atoms with Crippen LogP contribution in [0.2, 0.25) is 0 Å². The van der Waals surface area contributed by atoms with Crippen LogP contribution in [0.3, 0.4) is 0 Å². The SMILES string of the molecule is CCCNc1ccc([N+](=O)[O-])c(NCc2ccc(Br)s2)n1. The highest BCUT2D eigenvalue weighted by atomic mass is 79.9. The lowest BCUT2D eigenvalue weighted by atomic mass is 10.3. The Kier molecular flexibility index (Phi) is 5.51. The molecule has 0 saturated carbocycles. The van der Waals surface area contributed by atoms with Crippen molar-refractivity contribution in [3.63, 3.8) is 0 Å². The molecule has 0 aromatic carbocycles. The maximum atomic E-state index is 11.1. The first kappa shape index (κ1) is 15.7. The fourth-order valence-electron chi connectivity index (χ4n) is 1.70. The molecule has 0 amide bonds. The first-order chi connectivity index (χ1) is 10.1. The van der Waals surface area contributed by atoms with E-state index in [0.717, 1.165) is 21.6 Å². The van der Waals surface area contributed by atoms with Crippen LogP contribution in [0.25, 0.3) is 0 Å². The van der Waals surface area contributed by atoms with E-state index < -0.39 is 4.92 Å². The molecule has 6 nitrogen and oxygen atoms in total. The molecule has 0 aliphatic heterocycles. The number of aromatic nitrogens is 1. The van der Waals surface area contributed by atoms with Gasteiger partial charge in [-0.05, 0) is 40.5 Å². The highest BCUT2D eigenvalue weighted by Gasteiger charge is 2.16. The molecule has 0 saturated heterocycles. The summed E-state index contributed by atoms with van der Waals surface area (Å²) in [6.45, 7) is 3.33. The number of nitro groups is 1. The molecule has 2 aromatic heterocycles. The van der Waals surface area contributed by atoms with Crippen LogP contribution in [0, 0.1) is 10.1 Å². The molecule has 2 N–H and O–H groups in total. The van der Waals surface area contributed by atoms with Gasteiger partial charge in [-0.3, -0.25) is 10.1 Å². The predicted molar refractivity (Wildman–Crippen MR) is 89.0 cm³/mol. The van der Waals surface area contributed by atoms with Crippen LogP contribution in [0.5, 0.6) is 0 Å². The first-order valence-electron chi connectivity index (χ1n) is 6.47. The Morgan fingerprint density at radius 3 is 2.76 bits per heavy atom. The van der Waals surface area contributed by atoms with Crippen molar-refractivity contribution in [2.75, 3.05) is 17.2 Å².